The fourth-order valence-electron chi connectivity index (χ4n) is 3.19. The first kappa shape index (κ1) is 16.1. The summed E-state index contributed by atoms with van der Waals surface area (Å²) in [6.45, 7) is 0.743. The molecular weight excluding hydrogens is 409 g/mol. The Hall–Kier alpha value is -3.06. The second kappa shape index (κ2) is 6.28. The normalized spacial score (nSPS) is 11.5. The number of benzene rings is 2. The van der Waals surface area contributed by atoms with Crippen LogP contribution in [0.5, 0.6) is 0 Å². The lowest BCUT2D eigenvalue weighted by Gasteiger charge is -2.07. The van der Waals surface area contributed by atoms with Gasteiger partial charge in [-0.2, -0.15) is 5.10 Å². The zero-order valence-corrected chi connectivity index (χ0v) is 15.6. The highest BCUT2D eigenvalue weighted by molar-refractivity contribution is 9.10. The Kier molecular flexibility index (Phi) is 3.75. The molecule has 2 aliphatic heterocycles. The highest BCUT2D eigenvalue weighted by atomic mass is 79.9. The molecule has 1 aromatic heterocycles. The zero-order chi connectivity index (χ0) is 18.4. The van der Waals surface area contributed by atoms with Crippen LogP contribution in [0.4, 0.5) is 4.39 Å². The first-order valence-corrected chi connectivity index (χ1v) is 9.17. The van der Waals surface area contributed by atoms with Crippen molar-refractivity contribution >= 4 is 26.8 Å². The van der Waals surface area contributed by atoms with E-state index in [4.69, 9.17) is 0 Å². The van der Waals surface area contributed by atoms with Gasteiger partial charge >= 0.3 is 0 Å². The summed E-state index contributed by atoms with van der Waals surface area (Å²) < 4.78 is 17.1. The topological polar surface area (TPSA) is 59.4 Å². The summed E-state index contributed by atoms with van der Waals surface area (Å²) in [5.74, 6) is 0.0473. The number of rotatable bonds is 3. The zero-order valence-electron chi connectivity index (χ0n) is 14.0. The van der Waals surface area contributed by atoms with E-state index < -0.39 is 0 Å². The Morgan fingerprint density at radius 2 is 1.85 bits per heavy atom. The van der Waals surface area contributed by atoms with Crippen LogP contribution in [0.3, 0.4) is 0 Å². The molecule has 0 radical (unpaired) electrons. The number of nitrogens with zero attached hydrogens (tertiary/aromatic N) is 4. The Labute approximate surface area is 162 Å². The van der Waals surface area contributed by atoms with Crippen molar-refractivity contribution in [2.75, 3.05) is 0 Å². The molecule has 5 nitrogen and oxygen atoms in total. The molecule has 5 rings (SSSR count). The fourth-order valence-corrected chi connectivity index (χ4v) is 3.62. The number of hydrogen-bond acceptors (Lipinski definition) is 3. The molecule has 0 amide bonds. The summed E-state index contributed by atoms with van der Waals surface area (Å²) in [6.07, 6.45) is 3.91. The van der Waals surface area contributed by atoms with Crippen molar-refractivity contribution < 1.29 is 4.39 Å². The second-order valence-electron chi connectivity index (χ2n) is 6.30. The van der Waals surface area contributed by atoms with Crippen LogP contribution in [0.2, 0.25) is 0 Å². The molecule has 0 bridgehead atoms. The second-order valence-corrected chi connectivity index (χ2v) is 7.22. The molecule has 27 heavy (non-hydrogen) atoms. The molecule has 0 saturated heterocycles. The van der Waals surface area contributed by atoms with Gasteiger partial charge < -0.3 is 4.57 Å². The van der Waals surface area contributed by atoms with Crippen LogP contribution in [-0.4, -0.2) is 24.7 Å². The maximum absolute atomic E-state index is 14.4. The third-order valence-electron chi connectivity index (χ3n) is 4.43. The van der Waals surface area contributed by atoms with Gasteiger partial charge in [0.1, 0.15) is 17.2 Å². The average Bonchev–Trinajstić information content (AvgIpc) is 3.26. The van der Waals surface area contributed by atoms with Gasteiger partial charge in [-0.25, -0.2) is 14.4 Å². The van der Waals surface area contributed by atoms with Gasteiger partial charge in [-0.3, -0.25) is 5.10 Å². The molecule has 0 aliphatic carbocycles. The minimum Gasteiger partial charge on any atom is -0.348 e. The molecule has 3 aromatic rings. The lowest BCUT2D eigenvalue weighted by Crippen LogP contribution is -2.00. The number of hydrogen-bond donors (Lipinski definition) is 1. The van der Waals surface area contributed by atoms with Crippen molar-refractivity contribution in [1.29, 1.82) is 0 Å². The van der Waals surface area contributed by atoms with Gasteiger partial charge in [0.25, 0.3) is 0 Å². The number of halogens is 2. The van der Waals surface area contributed by atoms with Crippen molar-refractivity contribution in [3.8, 4) is 22.9 Å². The minimum atomic E-state index is -0.365. The third kappa shape index (κ3) is 2.90. The molecule has 0 spiro atoms. The van der Waals surface area contributed by atoms with Crippen molar-refractivity contribution in [3.05, 3.63) is 76.8 Å². The largest absolute Gasteiger partial charge is 0.348 e. The minimum absolute atomic E-state index is 0.365. The first-order valence-electron chi connectivity index (χ1n) is 8.38. The molecule has 0 atom stereocenters. The number of imidazole rings is 1. The smallest absolute Gasteiger partial charge is 0.182 e. The summed E-state index contributed by atoms with van der Waals surface area (Å²) in [5, 5.41) is 7.48. The summed E-state index contributed by atoms with van der Waals surface area (Å²) >= 11 is 3.29. The summed E-state index contributed by atoms with van der Waals surface area (Å²) in [4.78, 5) is 9.11. The number of aromatic nitrogens is 5. The van der Waals surface area contributed by atoms with E-state index in [9.17, 15) is 4.39 Å². The molecule has 2 aromatic carbocycles. The maximum atomic E-state index is 14.4. The molecule has 0 unspecified atom stereocenters. The van der Waals surface area contributed by atoms with Gasteiger partial charge in [0.2, 0.25) is 0 Å². The Morgan fingerprint density at radius 1 is 1.04 bits per heavy atom. The molecule has 3 heterocycles. The van der Waals surface area contributed by atoms with Crippen LogP contribution in [-0.2, 0) is 6.54 Å². The van der Waals surface area contributed by atoms with Gasteiger partial charge in [-0.15, -0.1) is 0 Å². The van der Waals surface area contributed by atoms with Crippen LogP contribution < -0.4 is 0 Å². The van der Waals surface area contributed by atoms with Gasteiger partial charge in [-0.1, -0.05) is 46.3 Å². The number of pyridine rings is 1. The number of fused-ring (bicyclic) bond motifs is 2. The summed E-state index contributed by atoms with van der Waals surface area (Å²) in [5.41, 5.74) is 3.72. The van der Waals surface area contributed by atoms with Crippen molar-refractivity contribution in [3.63, 3.8) is 0 Å². The molecule has 0 saturated carbocycles. The van der Waals surface area contributed by atoms with Gasteiger partial charge in [0, 0.05) is 23.4 Å². The van der Waals surface area contributed by atoms with E-state index in [0.29, 0.717) is 26.9 Å². The van der Waals surface area contributed by atoms with E-state index in [0.717, 1.165) is 17.9 Å². The van der Waals surface area contributed by atoms with E-state index in [1.165, 1.54) is 11.6 Å². The number of aromatic amines is 1. The van der Waals surface area contributed by atoms with Gasteiger partial charge in [0.05, 0.1) is 16.6 Å². The van der Waals surface area contributed by atoms with Crippen LogP contribution in [0.25, 0.3) is 33.8 Å². The lowest BCUT2D eigenvalue weighted by atomic mass is 10.2. The Bertz CT molecular complexity index is 1230. The predicted octanol–water partition coefficient (Wildman–Crippen LogP) is 4.88. The summed E-state index contributed by atoms with van der Waals surface area (Å²) in [7, 11) is 0. The number of H-pyrrole nitrogens is 1. The van der Waals surface area contributed by atoms with Crippen molar-refractivity contribution in [2.45, 2.75) is 6.54 Å². The van der Waals surface area contributed by atoms with E-state index in [2.05, 4.69) is 52.8 Å². The predicted molar refractivity (Wildman–Crippen MR) is 105 cm³/mol. The van der Waals surface area contributed by atoms with E-state index in [1.54, 1.807) is 6.07 Å². The first-order chi connectivity index (χ1) is 13.2. The molecule has 0 fully saturated rings. The third-order valence-corrected chi connectivity index (χ3v) is 4.88. The molecular formula is C20H13BrFN5. The Balaban J connectivity index is 1.57. The molecule has 7 heteroatoms. The average molecular weight is 422 g/mol. The SMILES string of the molecule is Fc1cc(Br)cc2[nH]nc(-c3nc4ccn(Cc5ccccc5)cc-4n3)c12. The van der Waals surface area contributed by atoms with E-state index in [1.807, 2.05) is 36.7 Å². The van der Waals surface area contributed by atoms with Gasteiger partial charge in [0.15, 0.2) is 5.82 Å². The Morgan fingerprint density at radius 3 is 2.70 bits per heavy atom. The fraction of sp³-hybridized carbons (Fsp3) is 0.0500. The van der Waals surface area contributed by atoms with E-state index >= 15 is 0 Å². The molecule has 1 N–H and O–H groups in total. The van der Waals surface area contributed by atoms with Crippen molar-refractivity contribution in [1.82, 2.24) is 24.7 Å². The quantitative estimate of drug-likeness (QED) is 0.451. The summed E-state index contributed by atoms with van der Waals surface area (Å²) in [6, 6.07) is 15.3. The standard InChI is InChI=1S/C20H13BrFN5/c21-13-8-14(22)18-16(9-13)25-26-19(18)20-23-15-6-7-27(11-17(15)24-20)10-12-4-2-1-3-5-12/h1-9,11H,10H2,(H,25,26). The van der Waals surface area contributed by atoms with Crippen LogP contribution in [0.1, 0.15) is 5.56 Å². The van der Waals surface area contributed by atoms with Crippen LogP contribution >= 0.6 is 15.9 Å². The number of nitrogens with one attached hydrogen (secondary N) is 1. The van der Waals surface area contributed by atoms with Crippen molar-refractivity contribution in [2.24, 2.45) is 0 Å². The monoisotopic (exact) mass is 421 g/mol. The van der Waals surface area contributed by atoms with Crippen LogP contribution in [0, 0.1) is 5.82 Å². The highest BCUT2D eigenvalue weighted by Gasteiger charge is 2.19. The maximum Gasteiger partial charge on any atom is 0.182 e. The lowest BCUT2D eigenvalue weighted by molar-refractivity contribution is 0.639. The van der Waals surface area contributed by atoms with Crippen LogP contribution in [0.15, 0.2) is 65.4 Å². The van der Waals surface area contributed by atoms with E-state index in [-0.39, 0.29) is 5.82 Å². The highest BCUT2D eigenvalue weighted by Crippen LogP contribution is 2.31. The molecule has 132 valence electrons. The van der Waals surface area contributed by atoms with Gasteiger partial charge in [-0.05, 0) is 23.8 Å². The molecule has 2 aliphatic rings.